The highest BCUT2D eigenvalue weighted by Gasteiger charge is 2.23. The van der Waals surface area contributed by atoms with Gasteiger partial charge in [-0.1, -0.05) is 0 Å². The molecular weight excluding hydrogens is 204 g/mol. The van der Waals surface area contributed by atoms with Crippen molar-refractivity contribution in [2.45, 2.75) is 63.5 Å². The molecule has 2 aliphatic carbocycles. The van der Waals surface area contributed by atoms with Gasteiger partial charge in [-0.05, 0) is 38.5 Å². The minimum absolute atomic E-state index is 0.144. The van der Waals surface area contributed by atoms with Crippen LogP contribution >= 0.6 is 0 Å². The van der Waals surface area contributed by atoms with Gasteiger partial charge in [-0.15, -0.1) is 0 Å². The third-order valence-electron chi connectivity index (χ3n) is 2.94. The second-order valence-corrected chi connectivity index (χ2v) is 4.89. The van der Waals surface area contributed by atoms with E-state index >= 15 is 0 Å². The molecule has 16 heavy (non-hydrogen) atoms. The summed E-state index contributed by atoms with van der Waals surface area (Å²) >= 11 is 0. The first-order chi connectivity index (χ1) is 7.74. The maximum atomic E-state index is 11.3. The van der Waals surface area contributed by atoms with Crippen molar-refractivity contribution in [3.8, 4) is 0 Å². The minimum atomic E-state index is 0.144. The van der Waals surface area contributed by atoms with Gasteiger partial charge in [0.1, 0.15) is 0 Å². The van der Waals surface area contributed by atoms with E-state index in [4.69, 9.17) is 0 Å². The third-order valence-corrected chi connectivity index (χ3v) is 2.94. The van der Waals surface area contributed by atoms with Crippen LogP contribution in [0.25, 0.3) is 0 Å². The molecule has 4 nitrogen and oxygen atoms in total. The van der Waals surface area contributed by atoms with Gasteiger partial charge in [-0.2, -0.15) is 0 Å². The highest BCUT2D eigenvalue weighted by Crippen LogP contribution is 2.19. The summed E-state index contributed by atoms with van der Waals surface area (Å²) in [5.74, 6) is 0.287. The molecule has 2 aliphatic rings. The standard InChI is InChI=1S/C12H20N2O2/c15-11(13-9-5-6-9)3-1-2-4-12(16)14-10-7-8-10/h9-10H,1-8H2,(H,13,15)(H,14,16). The molecular formula is C12H20N2O2. The van der Waals surface area contributed by atoms with Crippen LogP contribution in [0.5, 0.6) is 0 Å². The van der Waals surface area contributed by atoms with Crippen molar-refractivity contribution < 1.29 is 9.59 Å². The average Bonchev–Trinajstić information content (AvgIpc) is 3.08. The zero-order valence-electron chi connectivity index (χ0n) is 9.63. The van der Waals surface area contributed by atoms with E-state index in [1.54, 1.807) is 0 Å². The Bertz CT molecular complexity index is 242. The fourth-order valence-corrected chi connectivity index (χ4v) is 1.63. The number of hydrogen-bond acceptors (Lipinski definition) is 2. The maximum absolute atomic E-state index is 11.3. The van der Waals surface area contributed by atoms with E-state index in [9.17, 15) is 9.59 Å². The zero-order valence-corrected chi connectivity index (χ0v) is 9.63. The van der Waals surface area contributed by atoms with Crippen molar-refractivity contribution in [1.29, 1.82) is 0 Å². The Morgan fingerprint density at radius 3 is 1.50 bits per heavy atom. The highest BCUT2D eigenvalue weighted by molar-refractivity contribution is 5.77. The molecule has 0 aromatic rings. The van der Waals surface area contributed by atoms with E-state index in [0.29, 0.717) is 24.9 Å². The van der Waals surface area contributed by atoms with Crippen LogP contribution in [-0.4, -0.2) is 23.9 Å². The molecule has 0 aromatic heterocycles. The number of nitrogens with one attached hydrogen (secondary N) is 2. The summed E-state index contributed by atoms with van der Waals surface area (Å²) in [4.78, 5) is 22.6. The molecule has 2 fully saturated rings. The van der Waals surface area contributed by atoms with E-state index in [1.165, 1.54) is 0 Å². The lowest BCUT2D eigenvalue weighted by Crippen LogP contribution is -2.26. The first kappa shape index (κ1) is 11.4. The summed E-state index contributed by atoms with van der Waals surface area (Å²) in [5, 5.41) is 5.89. The largest absolute Gasteiger partial charge is 0.353 e. The molecule has 2 N–H and O–H groups in total. The number of carbonyl (C=O) groups is 2. The fourth-order valence-electron chi connectivity index (χ4n) is 1.63. The SMILES string of the molecule is O=C(CCCCC(=O)NC1CC1)NC1CC1. The molecule has 2 rings (SSSR count). The van der Waals surface area contributed by atoms with Gasteiger partial charge >= 0.3 is 0 Å². The van der Waals surface area contributed by atoms with Crippen LogP contribution < -0.4 is 10.6 Å². The Morgan fingerprint density at radius 2 is 1.19 bits per heavy atom. The molecule has 0 aliphatic heterocycles. The van der Waals surface area contributed by atoms with Crippen molar-refractivity contribution in [3.63, 3.8) is 0 Å². The van der Waals surface area contributed by atoms with Crippen LogP contribution in [0.3, 0.4) is 0 Å². The van der Waals surface area contributed by atoms with Crippen LogP contribution in [0, 0.1) is 0 Å². The van der Waals surface area contributed by atoms with Gasteiger partial charge < -0.3 is 10.6 Å². The molecule has 0 aromatic carbocycles. The Hall–Kier alpha value is -1.06. The molecule has 0 unspecified atom stereocenters. The van der Waals surface area contributed by atoms with Gasteiger partial charge in [0, 0.05) is 24.9 Å². The smallest absolute Gasteiger partial charge is 0.220 e. The molecule has 0 bridgehead atoms. The van der Waals surface area contributed by atoms with Crippen molar-refractivity contribution >= 4 is 11.8 Å². The zero-order chi connectivity index (χ0) is 11.4. The summed E-state index contributed by atoms with van der Waals surface area (Å²) < 4.78 is 0. The van der Waals surface area contributed by atoms with Gasteiger partial charge in [0.25, 0.3) is 0 Å². The molecule has 0 radical (unpaired) electrons. The Kier molecular flexibility index (Phi) is 3.80. The number of carbonyl (C=O) groups excluding carboxylic acids is 2. The molecule has 4 heteroatoms. The lowest BCUT2D eigenvalue weighted by atomic mass is 10.2. The molecule has 0 saturated heterocycles. The summed E-state index contributed by atoms with van der Waals surface area (Å²) in [7, 11) is 0. The molecule has 0 spiro atoms. The van der Waals surface area contributed by atoms with Gasteiger partial charge in [0.15, 0.2) is 0 Å². The highest BCUT2D eigenvalue weighted by atomic mass is 16.2. The van der Waals surface area contributed by atoms with Crippen molar-refractivity contribution in [2.24, 2.45) is 0 Å². The molecule has 0 atom stereocenters. The van der Waals surface area contributed by atoms with Crippen molar-refractivity contribution in [1.82, 2.24) is 10.6 Å². The Labute approximate surface area is 96.2 Å². The lowest BCUT2D eigenvalue weighted by molar-refractivity contribution is -0.123. The predicted molar refractivity (Wildman–Crippen MR) is 60.8 cm³/mol. The van der Waals surface area contributed by atoms with Crippen molar-refractivity contribution in [2.75, 3.05) is 0 Å². The van der Waals surface area contributed by atoms with Crippen molar-refractivity contribution in [3.05, 3.63) is 0 Å². The summed E-state index contributed by atoms with van der Waals surface area (Å²) in [5.41, 5.74) is 0. The first-order valence-electron chi connectivity index (χ1n) is 6.33. The maximum Gasteiger partial charge on any atom is 0.220 e. The molecule has 90 valence electrons. The van der Waals surface area contributed by atoms with Crippen LogP contribution in [0.1, 0.15) is 51.4 Å². The third kappa shape index (κ3) is 4.64. The first-order valence-corrected chi connectivity index (χ1v) is 6.33. The number of rotatable bonds is 7. The number of hydrogen-bond donors (Lipinski definition) is 2. The van der Waals surface area contributed by atoms with E-state index in [2.05, 4.69) is 10.6 Å². The fraction of sp³-hybridized carbons (Fsp3) is 0.833. The van der Waals surface area contributed by atoms with Crippen LogP contribution in [0.4, 0.5) is 0 Å². The van der Waals surface area contributed by atoms with Crippen LogP contribution in [-0.2, 0) is 9.59 Å². The van der Waals surface area contributed by atoms with Crippen LogP contribution in [0.2, 0.25) is 0 Å². The monoisotopic (exact) mass is 224 g/mol. The minimum Gasteiger partial charge on any atom is -0.353 e. The Balaban J connectivity index is 1.43. The van der Waals surface area contributed by atoms with E-state index in [-0.39, 0.29) is 11.8 Å². The van der Waals surface area contributed by atoms with Crippen LogP contribution in [0.15, 0.2) is 0 Å². The van der Waals surface area contributed by atoms with Gasteiger partial charge in [-0.3, -0.25) is 9.59 Å². The summed E-state index contributed by atoms with van der Waals surface area (Å²) in [6.07, 6.45) is 7.30. The lowest BCUT2D eigenvalue weighted by Gasteiger charge is -2.04. The topological polar surface area (TPSA) is 58.2 Å². The van der Waals surface area contributed by atoms with Gasteiger partial charge in [-0.25, -0.2) is 0 Å². The number of amides is 2. The Morgan fingerprint density at radius 1 is 0.812 bits per heavy atom. The molecule has 0 heterocycles. The van der Waals surface area contributed by atoms with Gasteiger partial charge in [0.05, 0.1) is 0 Å². The quantitative estimate of drug-likeness (QED) is 0.636. The van der Waals surface area contributed by atoms with E-state index in [1.807, 2.05) is 0 Å². The number of unbranched alkanes of at least 4 members (excludes halogenated alkanes) is 1. The van der Waals surface area contributed by atoms with Gasteiger partial charge in [0.2, 0.25) is 11.8 Å². The predicted octanol–water partition coefficient (Wildman–Crippen LogP) is 1.10. The molecule has 2 amide bonds. The second-order valence-electron chi connectivity index (χ2n) is 4.89. The molecule has 2 saturated carbocycles. The second kappa shape index (κ2) is 5.32. The van der Waals surface area contributed by atoms with E-state index in [0.717, 1.165) is 38.5 Å². The van der Waals surface area contributed by atoms with E-state index < -0.39 is 0 Å². The normalized spacial score (nSPS) is 19.2. The summed E-state index contributed by atoms with van der Waals surface area (Å²) in [6, 6.07) is 0.899. The summed E-state index contributed by atoms with van der Waals surface area (Å²) in [6.45, 7) is 0. The average molecular weight is 224 g/mol.